The Balaban J connectivity index is 2.21. The van der Waals surface area contributed by atoms with Gasteiger partial charge >= 0.3 is 6.09 Å². The molecule has 0 aliphatic rings. The number of aromatic nitrogens is 4. The molecule has 0 unspecified atom stereocenters. The summed E-state index contributed by atoms with van der Waals surface area (Å²) < 4.78 is 6.98. The molecule has 0 aliphatic carbocycles. The quantitative estimate of drug-likeness (QED) is 0.886. The maximum atomic E-state index is 11.8. The molecule has 21 heavy (non-hydrogen) atoms. The van der Waals surface area contributed by atoms with Crippen molar-refractivity contribution in [3.8, 4) is 0 Å². The Morgan fingerprint density at radius 1 is 1.38 bits per heavy atom. The number of ether oxygens (including phenoxy) is 1. The lowest BCUT2D eigenvalue weighted by Crippen LogP contribution is -2.27. The third-order valence-corrected chi connectivity index (χ3v) is 2.58. The number of anilines is 1. The van der Waals surface area contributed by atoms with E-state index in [1.807, 2.05) is 0 Å². The van der Waals surface area contributed by atoms with E-state index in [0.29, 0.717) is 29.9 Å². The van der Waals surface area contributed by atoms with Crippen LogP contribution < -0.4 is 5.32 Å². The highest BCUT2D eigenvalue weighted by molar-refractivity contribution is 5.93. The third-order valence-electron chi connectivity index (χ3n) is 2.58. The minimum Gasteiger partial charge on any atom is -0.444 e. The van der Waals surface area contributed by atoms with Crippen molar-refractivity contribution in [3.05, 3.63) is 12.7 Å². The molecule has 0 aliphatic heterocycles. The molecule has 0 saturated carbocycles. The Labute approximate surface area is 122 Å². The van der Waals surface area contributed by atoms with Gasteiger partial charge in [-0.25, -0.2) is 19.7 Å². The number of nitrogens with zero attached hydrogens (tertiary/aromatic N) is 4. The number of aliphatic hydroxyl groups excluding tert-OH is 1. The van der Waals surface area contributed by atoms with Crippen LogP contribution in [0.5, 0.6) is 0 Å². The molecule has 0 atom stereocenters. The summed E-state index contributed by atoms with van der Waals surface area (Å²) in [5.74, 6) is 0.303. The first-order chi connectivity index (χ1) is 9.90. The van der Waals surface area contributed by atoms with Crippen LogP contribution in [0.4, 0.5) is 10.6 Å². The highest BCUT2D eigenvalue weighted by Gasteiger charge is 2.18. The van der Waals surface area contributed by atoms with Crippen LogP contribution in [0.1, 0.15) is 27.2 Å². The van der Waals surface area contributed by atoms with Crippen LogP contribution in [-0.2, 0) is 11.3 Å². The van der Waals surface area contributed by atoms with Crippen LogP contribution in [0.15, 0.2) is 12.7 Å². The van der Waals surface area contributed by atoms with E-state index >= 15 is 0 Å². The molecule has 2 aromatic rings. The van der Waals surface area contributed by atoms with Gasteiger partial charge in [0.2, 0.25) is 0 Å². The predicted octanol–water partition coefficient (Wildman–Crippen LogP) is 1.56. The summed E-state index contributed by atoms with van der Waals surface area (Å²) in [5, 5.41) is 11.5. The van der Waals surface area contributed by atoms with E-state index < -0.39 is 11.7 Å². The van der Waals surface area contributed by atoms with Crippen molar-refractivity contribution in [2.24, 2.45) is 0 Å². The number of hydrogen-bond acceptors (Lipinski definition) is 6. The van der Waals surface area contributed by atoms with Gasteiger partial charge in [0, 0.05) is 13.2 Å². The van der Waals surface area contributed by atoms with E-state index in [4.69, 9.17) is 9.84 Å². The van der Waals surface area contributed by atoms with Crippen LogP contribution in [0, 0.1) is 0 Å². The second kappa shape index (κ2) is 6.04. The number of imidazole rings is 1. The lowest BCUT2D eigenvalue weighted by Gasteiger charge is -2.19. The topological polar surface area (TPSA) is 102 Å². The highest BCUT2D eigenvalue weighted by atomic mass is 16.6. The van der Waals surface area contributed by atoms with Crippen molar-refractivity contribution in [3.63, 3.8) is 0 Å². The molecular weight excluding hydrogens is 274 g/mol. The lowest BCUT2D eigenvalue weighted by molar-refractivity contribution is 0.0635. The fourth-order valence-electron chi connectivity index (χ4n) is 1.78. The Bertz CT molecular complexity index is 632. The standard InChI is InChI=1S/C13H19N5O3/c1-13(2,3)21-12(20)17-10-9-11(15-7-14-10)18(8-16-9)5-4-6-19/h7-8,19H,4-6H2,1-3H3,(H,14,15,17,20). The average Bonchev–Trinajstić information content (AvgIpc) is 2.78. The Morgan fingerprint density at radius 2 is 2.14 bits per heavy atom. The fraction of sp³-hybridized carbons (Fsp3) is 0.538. The summed E-state index contributed by atoms with van der Waals surface area (Å²) in [7, 11) is 0. The number of carbonyl (C=O) groups excluding carboxylic acids is 1. The Kier molecular flexibility index (Phi) is 4.37. The number of fused-ring (bicyclic) bond motifs is 1. The van der Waals surface area contributed by atoms with Gasteiger partial charge in [-0.15, -0.1) is 0 Å². The van der Waals surface area contributed by atoms with E-state index in [-0.39, 0.29) is 6.61 Å². The Hall–Kier alpha value is -2.22. The zero-order chi connectivity index (χ0) is 15.5. The summed E-state index contributed by atoms with van der Waals surface area (Å²) in [6, 6.07) is 0. The molecular formula is C13H19N5O3. The van der Waals surface area contributed by atoms with Crippen LogP contribution in [0.2, 0.25) is 0 Å². The maximum absolute atomic E-state index is 11.8. The summed E-state index contributed by atoms with van der Waals surface area (Å²) >= 11 is 0. The second-order valence-corrected chi connectivity index (χ2v) is 5.54. The van der Waals surface area contributed by atoms with Crippen molar-refractivity contribution >= 4 is 23.1 Å². The first-order valence-corrected chi connectivity index (χ1v) is 6.67. The van der Waals surface area contributed by atoms with Gasteiger partial charge in [0.15, 0.2) is 17.0 Å². The minimum absolute atomic E-state index is 0.0910. The molecule has 2 heterocycles. The number of amides is 1. The predicted molar refractivity (Wildman–Crippen MR) is 76.9 cm³/mol. The maximum Gasteiger partial charge on any atom is 0.413 e. The van der Waals surface area contributed by atoms with E-state index in [1.165, 1.54) is 6.33 Å². The highest BCUT2D eigenvalue weighted by Crippen LogP contribution is 2.18. The number of nitrogens with one attached hydrogen (secondary N) is 1. The minimum atomic E-state index is -0.590. The van der Waals surface area contributed by atoms with Gasteiger partial charge in [-0.3, -0.25) is 5.32 Å². The van der Waals surface area contributed by atoms with Crippen molar-refractivity contribution < 1.29 is 14.6 Å². The molecule has 0 fully saturated rings. The van der Waals surface area contributed by atoms with Gasteiger partial charge in [0.25, 0.3) is 0 Å². The van der Waals surface area contributed by atoms with Crippen molar-refractivity contribution in [2.45, 2.75) is 39.3 Å². The number of aliphatic hydroxyl groups is 1. The molecule has 0 spiro atoms. The molecule has 114 valence electrons. The van der Waals surface area contributed by atoms with Gasteiger partial charge in [-0.1, -0.05) is 0 Å². The number of aryl methyl sites for hydroxylation is 1. The molecule has 1 amide bonds. The van der Waals surface area contributed by atoms with E-state index in [1.54, 1.807) is 31.7 Å². The van der Waals surface area contributed by atoms with Gasteiger partial charge < -0.3 is 14.4 Å². The Morgan fingerprint density at radius 3 is 2.81 bits per heavy atom. The first kappa shape index (κ1) is 15.2. The molecule has 2 aromatic heterocycles. The first-order valence-electron chi connectivity index (χ1n) is 6.67. The molecule has 2 rings (SSSR count). The molecule has 0 radical (unpaired) electrons. The van der Waals surface area contributed by atoms with Crippen molar-refractivity contribution in [1.29, 1.82) is 0 Å². The lowest BCUT2D eigenvalue weighted by atomic mass is 10.2. The van der Waals surface area contributed by atoms with Gasteiger partial charge in [0.1, 0.15) is 11.9 Å². The van der Waals surface area contributed by atoms with Crippen LogP contribution in [0.3, 0.4) is 0 Å². The number of carbonyl (C=O) groups is 1. The van der Waals surface area contributed by atoms with Gasteiger partial charge in [0.05, 0.1) is 6.33 Å². The van der Waals surface area contributed by atoms with Crippen LogP contribution >= 0.6 is 0 Å². The van der Waals surface area contributed by atoms with Crippen LogP contribution in [0.25, 0.3) is 11.2 Å². The number of hydrogen-bond donors (Lipinski definition) is 2. The van der Waals surface area contributed by atoms with Gasteiger partial charge in [-0.2, -0.15) is 0 Å². The largest absolute Gasteiger partial charge is 0.444 e. The van der Waals surface area contributed by atoms with Crippen LogP contribution in [-0.4, -0.2) is 42.9 Å². The van der Waals surface area contributed by atoms with Crippen molar-refractivity contribution in [1.82, 2.24) is 19.5 Å². The molecule has 8 heteroatoms. The molecule has 8 nitrogen and oxygen atoms in total. The monoisotopic (exact) mass is 293 g/mol. The zero-order valence-corrected chi connectivity index (χ0v) is 12.3. The van der Waals surface area contributed by atoms with E-state index in [2.05, 4.69) is 20.3 Å². The average molecular weight is 293 g/mol. The summed E-state index contributed by atoms with van der Waals surface area (Å²) in [5.41, 5.74) is 0.502. The second-order valence-electron chi connectivity index (χ2n) is 5.54. The SMILES string of the molecule is CC(C)(C)OC(=O)Nc1ncnc2c1ncn2CCCO. The normalized spacial score (nSPS) is 11.6. The summed E-state index contributed by atoms with van der Waals surface area (Å²) in [6.45, 7) is 6.03. The smallest absolute Gasteiger partial charge is 0.413 e. The van der Waals surface area contributed by atoms with E-state index in [0.717, 1.165) is 0 Å². The van der Waals surface area contributed by atoms with Crippen molar-refractivity contribution in [2.75, 3.05) is 11.9 Å². The zero-order valence-electron chi connectivity index (χ0n) is 12.3. The van der Waals surface area contributed by atoms with Gasteiger partial charge in [-0.05, 0) is 27.2 Å². The number of rotatable bonds is 4. The van der Waals surface area contributed by atoms with E-state index in [9.17, 15) is 4.79 Å². The molecule has 2 N–H and O–H groups in total. The molecule has 0 aromatic carbocycles. The fourth-order valence-corrected chi connectivity index (χ4v) is 1.78. The molecule has 0 saturated heterocycles. The summed E-state index contributed by atoms with van der Waals surface area (Å²) in [6.07, 6.45) is 2.97. The molecule has 0 bridgehead atoms. The third kappa shape index (κ3) is 3.88. The summed E-state index contributed by atoms with van der Waals surface area (Å²) in [4.78, 5) is 24.2.